The van der Waals surface area contributed by atoms with Gasteiger partial charge in [-0.3, -0.25) is 9.36 Å². The van der Waals surface area contributed by atoms with Crippen LogP contribution in [0, 0.1) is 11.7 Å². The number of nitrogens with two attached hydrogens (primary N) is 1. The number of ether oxygens (including phenoxy) is 1. The quantitative estimate of drug-likeness (QED) is 0.451. The molecule has 0 spiro atoms. The lowest BCUT2D eigenvalue weighted by molar-refractivity contribution is -0.122. The summed E-state index contributed by atoms with van der Waals surface area (Å²) in [6.45, 7) is 1.31. The van der Waals surface area contributed by atoms with Gasteiger partial charge < -0.3 is 21.1 Å². The molecule has 1 aliphatic carbocycles. The summed E-state index contributed by atoms with van der Waals surface area (Å²) >= 11 is 12.5. The smallest absolute Gasteiger partial charge is 0.225 e. The molecule has 1 aliphatic heterocycles. The van der Waals surface area contributed by atoms with Gasteiger partial charge in [0.1, 0.15) is 11.3 Å². The summed E-state index contributed by atoms with van der Waals surface area (Å²) in [6.07, 6.45) is 5.33. The Morgan fingerprint density at radius 2 is 1.88 bits per heavy atom. The second-order valence-corrected chi connectivity index (χ2v) is 9.50. The zero-order chi connectivity index (χ0) is 23.8. The van der Waals surface area contributed by atoms with Gasteiger partial charge in [0.25, 0.3) is 0 Å². The number of nitrogens with one attached hydrogen (secondary N) is 2. The molecule has 12 heteroatoms. The van der Waals surface area contributed by atoms with Gasteiger partial charge in [-0.1, -0.05) is 23.2 Å². The fourth-order valence-corrected chi connectivity index (χ4v) is 5.17. The fourth-order valence-electron chi connectivity index (χ4n) is 4.62. The van der Waals surface area contributed by atoms with Crippen LogP contribution >= 0.6 is 23.2 Å². The number of carbonyl (C=O) groups excluding carboxylic acids is 1. The molecule has 2 fully saturated rings. The molecule has 0 bridgehead atoms. The number of carbonyl (C=O) groups is 1. The molecule has 34 heavy (non-hydrogen) atoms. The van der Waals surface area contributed by atoms with Crippen LogP contribution in [0.2, 0.25) is 10.0 Å². The largest absolute Gasteiger partial charge is 0.379 e. The number of hydrogen-bond donors (Lipinski definition) is 3. The van der Waals surface area contributed by atoms with Crippen molar-refractivity contribution >= 4 is 57.9 Å². The number of rotatable bonds is 6. The van der Waals surface area contributed by atoms with Crippen molar-refractivity contribution in [2.75, 3.05) is 23.8 Å². The Kier molecular flexibility index (Phi) is 6.46. The SMILES string of the molecule is NC(=O)[C@H]1CC[C@@H](n2c(Nc3c(Cl)cc(F)cc3Cl)nc3cnc(N[C@@H]4CCOC4)nc32)CC1. The van der Waals surface area contributed by atoms with Gasteiger partial charge in [-0.25, -0.2) is 14.4 Å². The van der Waals surface area contributed by atoms with E-state index < -0.39 is 5.82 Å². The molecule has 5 rings (SSSR count). The molecule has 3 aromatic rings. The van der Waals surface area contributed by atoms with Crippen LogP contribution in [0.3, 0.4) is 0 Å². The number of amides is 1. The first-order valence-electron chi connectivity index (χ1n) is 11.2. The number of nitrogens with zero attached hydrogens (tertiary/aromatic N) is 4. The van der Waals surface area contributed by atoms with Crippen molar-refractivity contribution in [1.29, 1.82) is 0 Å². The molecule has 1 aromatic carbocycles. The topological polar surface area (TPSA) is 120 Å². The first-order valence-corrected chi connectivity index (χ1v) is 11.9. The number of aromatic nitrogens is 4. The van der Waals surface area contributed by atoms with Crippen molar-refractivity contribution in [2.24, 2.45) is 11.7 Å². The van der Waals surface area contributed by atoms with Gasteiger partial charge in [0.2, 0.25) is 17.8 Å². The van der Waals surface area contributed by atoms with Crippen molar-refractivity contribution < 1.29 is 13.9 Å². The van der Waals surface area contributed by atoms with E-state index in [1.807, 2.05) is 4.57 Å². The summed E-state index contributed by atoms with van der Waals surface area (Å²) in [6, 6.07) is 2.53. The number of fused-ring (bicyclic) bond motifs is 1. The predicted molar refractivity (Wildman–Crippen MR) is 128 cm³/mol. The normalized spacial score (nSPS) is 22.7. The van der Waals surface area contributed by atoms with E-state index in [0.717, 1.165) is 19.3 Å². The molecular weight excluding hydrogens is 484 g/mol. The standard InChI is InChI=1S/C22H24Cl2FN7O2/c23-15-7-12(25)8-16(24)18(15)30-22-29-17-9-27-21(28-13-5-6-34-10-13)31-20(17)32(22)14-3-1-11(2-4-14)19(26)33/h7-9,11,13-14H,1-6,10H2,(H2,26,33)(H,29,30)(H,27,28,31)/t11-,13-,14+/m1/s1. The third kappa shape index (κ3) is 4.62. The third-order valence-electron chi connectivity index (χ3n) is 6.40. The van der Waals surface area contributed by atoms with Crippen molar-refractivity contribution in [3.05, 3.63) is 34.2 Å². The Morgan fingerprint density at radius 3 is 2.53 bits per heavy atom. The van der Waals surface area contributed by atoms with Crippen LogP contribution in [0.5, 0.6) is 0 Å². The number of halogens is 3. The maximum absolute atomic E-state index is 13.7. The van der Waals surface area contributed by atoms with E-state index >= 15 is 0 Å². The molecular formula is C22H24Cl2FN7O2. The molecule has 2 aromatic heterocycles. The highest BCUT2D eigenvalue weighted by atomic mass is 35.5. The van der Waals surface area contributed by atoms with Crippen LogP contribution in [-0.4, -0.2) is 44.7 Å². The van der Waals surface area contributed by atoms with Gasteiger partial charge >= 0.3 is 0 Å². The molecule has 3 heterocycles. The number of benzene rings is 1. The Bertz CT molecular complexity index is 1200. The fraction of sp³-hybridized carbons (Fsp3) is 0.455. The van der Waals surface area contributed by atoms with Crippen LogP contribution in [0.25, 0.3) is 11.2 Å². The lowest BCUT2D eigenvalue weighted by atomic mass is 9.85. The van der Waals surface area contributed by atoms with Gasteiger partial charge in [0.15, 0.2) is 5.65 Å². The molecule has 4 N–H and O–H groups in total. The van der Waals surface area contributed by atoms with E-state index in [1.54, 1.807) is 6.20 Å². The average molecular weight is 508 g/mol. The maximum Gasteiger partial charge on any atom is 0.225 e. The number of primary amides is 1. The van der Waals surface area contributed by atoms with Crippen molar-refractivity contribution in [3.63, 3.8) is 0 Å². The molecule has 1 saturated heterocycles. The molecule has 180 valence electrons. The first-order chi connectivity index (χ1) is 16.4. The van der Waals surface area contributed by atoms with E-state index in [4.69, 9.17) is 38.7 Å². The number of hydrogen-bond acceptors (Lipinski definition) is 7. The van der Waals surface area contributed by atoms with Crippen LogP contribution in [0.1, 0.15) is 38.1 Å². The minimum absolute atomic E-state index is 0.0127. The van der Waals surface area contributed by atoms with Gasteiger partial charge in [-0.05, 0) is 44.2 Å². The van der Waals surface area contributed by atoms with E-state index in [-0.39, 0.29) is 34.0 Å². The highest BCUT2D eigenvalue weighted by Crippen LogP contribution is 2.39. The first kappa shape index (κ1) is 23.1. The highest BCUT2D eigenvalue weighted by Gasteiger charge is 2.29. The summed E-state index contributed by atoms with van der Waals surface area (Å²) in [5.74, 6) is 0.00154. The van der Waals surface area contributed by atoms with Gasteiger partial charge in [0.05, 0.1) is 34.6 Å². The van der Waals surface area contributed by atoms with Crippen LogP contribution < -0.4 is 16.4 Å². The van der Waals surface area contributed by atoms with E-state index in [1.165, 1.54) is 12.1 Å². The average Bonchev–Trinajstić information content (AvgIpc) is 3.43. The third-order valence-corrected chi connectivity index (χ3v) is 7.00. The minimum atomic E-state index is -0.531. The maximum atomic E-state index is 13.7. The monoisotopic (exact) mass is 507 g/mol. The number of anilines is 3. The highest BCUT2D eigenvalue weighted by molar-refractivity contribution is 6.39. The Hall–Kier alpha value is -2.69. The second-order valence-electron chi connectivity index (χ2n) is 8.69. The molecule has 2 aliphatic rings. The summed E-state index contributed by atoms with van der Waals surface area (Å²) in [4.78, 5) is 25.5. The molecule has 0 radical (unpaired) electrons. The summed E-state index contributed by atoms with van der Waals surface area (Å²) < 4.78 is 21.1. The van der Waals surface area contributed by atoms with Gasteiger partial charge in [0, 0.05) is 18.6 Å². The molecule has 0 unspecified atom stereocenters. The predicted octanol–water partition coefficient (Wildman–Crippen LogP) is 4.43. The lowest BCUT2D eigenvalue weighted by Crippen LogP contribution is -2.29. The zero-order valence-electron chi connectivity index (χ0n) is 18.2. The summed E-state index contributed by atoms with van der Waals surface area (Å²) in [5, 5.41) is 6.76. The Morgan fingerprint density at radius 1 is 1.15 bits per heavy atom. The van der Waals surface area contributed by atoms with E-state index in [0.29, 0.717) is 54.8 Å². The summed E-state index contributed by atoms with van der Waals surface area (Å²) in [5.41, 5.74) is 7.10. The zero-order valence-corrected chi connectivity index (χ0v) is 19.7. The Balaban J connectivity index is 1.54. The summed E-state index contributed by atoms with van der Waals surface area (Å²) in [7, 11) is 0. The van der Waals surface area contributed by atoms with Crippen LogP contribution in [0.4, 0.5) is 22.0 Å². The molecule has 1 amide bonds. The van der Waals surface area contributed by atoms with Crippen LogP contribution in [0.15, 0.2) is 18.3 Å². The van der Waals surface area contributed by atoms with Crippen molar-refractivity contribution in [1.82, 2.24) is 19.5 Å². The Labute approximate surface area is 205 Å². The lowest BCUT2D eigenvalue weighted by Gasteiger charge is -2.29. The minimum Gasteiger partial charge on any atom is -0.379 e. The molecule has 1 atom stereocenters. The number of imidazole rings is 1. The van der Waals surface area contributed by atoms with Crippen molar-refractivity contribution in [3.8, 4) is 0 Å². The van der Waals surface area contributed by atoms with E-state index in [9.17, 15) is 9.18 Å². The second kappa shape index (κ2) is 9.52. The van der Waals surface area contributed by atoms with Crippen molar-refractivity contribution in [2.45, 2.75) is 44.2 Å². The van der Waals surface area contributed by atoms with Gasteiger partial charge in [-0.2, -0.15) is 4.98 Å². The molecule has 9 nitrogen and oxygen atoms in total. The van der Waals surface area contributed by atoms with Crippen LogP contribution in [-0.2, 0) is 9.53 Å². The van der Waals surface area contributed by atoms with Gasteiger partial charge in [-0.15, -0.1) is 0 Å². The molecule has 1 saturated carbocycles. The van der Waals surface area contributed by atoms with E-state index in [2.05, 4.69) is 20.6 Å².